The van der Waals surface area contributed by atoms with Crippen molar-refractivity contribution in [2.24, 2.45) is 0 Å². The molecule has 0 aromatic carbocycles. The van der Waals surface area contributed by atoms with Crippen molar-refractivity contribution in [1.29, 1.82) is 0 Å². The molecule has 0 atom stereocenters. The van der Waals surface area contributed by atoms with Crippen molar-refractivity contribution in [3.8, 4) is 0 Å². The van der Waals surface area contributed by atoms with Crippen LogP contribution in [0.4, 0.5) is 4.79 Å². The van der Waals surface area contributed by atoms with Crippen LogP contribution in [0.15, 0.2) is 12.2 Å². The molecule has 6 heteroatoms. The minimum atomic E-state index is -1.36. The number of nitrogens with one attached hydrogen (secondary N) is 1. The molecule has 0 aliphatic carbocycles. The number of hydrogen-bond acceptors (Lipinski definition) is 3. The van der Waals surface area contributed by atoms with Crippen LogP contribution < -0.4 is 5.32 Å². The molecule has 0 spiro atoms. The topological polar surface area (TPSA) is 86.6 Å². The van der Waals surface area contributed by atoms with Crippen molar-refractivity contribution in [3.63, 3.8) is 0 Å². The lowest BCUT2D eigenvalue weighted by atomic mass is 10.5. The Labute approximate surface area is 81.0 Å². The predicted molar refractivity (Wildman–Crippen MR) is 48.8 cm³/mol. The molecule has 0 rings (SSSR count). The second-order valence-corrected chi connectivity index (χ2v) is 2.11. The van der Waals surface area contributed by atoms with Gasteiger partial charge in [-0.15, -0.1) is 0 Å². The van der Waals surface area contributed by atoms with Gasteiger partial charge in [-0.05, 0) is 6.92 Å². The molecule has 0 fully saturated rings. The van der Waals surface area contributed by atoms with Gasteiger partial charge >= 0.3 is 5.43 Å². The van der Waals surface area contributed by atoms with Crippen LogP contribution in [0.3, 0.4) is 0 Å². The van der Waals surface area contributed by atoms with E-state index in [2.05, 4.69) is 16.9 Å². The lowest BCUT2D eigenvalue weighted by Crippen LogP contribution is -2.25. The molecule has 0 heterocycles. The number of amides is 1. The van der Waals surface area contributed by atoms with Crippen LogP contribution in [0.1, 0.15) is 6.92 Å². The normalized spacial score (nSPS) is 8.85. The van der Waals surface area contributed by atoms with Gasteiger partial charge in [0, 0.05) is 18.1 Å². The Kier molecular flexibility index (Phi) is 12.2. The largest absolute Gasteiger partial charge is 0.469 e. The second kappa shape index (κ2) is 10.9. The third-order valence-electron chi connectivity index (χ3n) is 0.796. The van der Waals surface area contributed by atoms with Gasteiger partial charge in [0.05, 0.1) is 0 Å². The summed E-state index contributed by atoms with van der Waals surface area (Å²) >= 11 is 4.19. The summed E-state index contributed by atoms with van der Waals surface area (Å²) in [5.41, 5.74) is -1.36. The Bertz CT molecular complexity index is 177. The lowest BCUT2D eigenvalue weighted by molar-refractivity contribution is -0.123. The molecule has 0 aromatic rings. The zero-order chi connectivity index (χ0) is 10.7. The number of halogens is 1. The second-order valence-electron chi connectivity index (χ2n) is 1.78. The SMILES string of the molecule is CC=CCNC(=O)CO.O=C(O)Cl. The first kappa shape index (κ1) is 14.5. The van der Waals surface area contributed by atoms with E-state index in [1.165, 1.54) is 0 Å². The summed E-state index contributed by atoms with van der Waals surface area (Å²) in [5, 5.41) is 17.8. The van der Waals surface area contributed by atoms with Gasteiger partial charge in [-0.3, -0.25) is 4.79 Å². The number of carboxylic acid groups (broad SMARTS) is 1. The molecule has 13 heavy (non-hydrogen) atoms. The maximum absolute atomic E-state index is 10.3. The minimum Gasteiger partial charge on any atom is -0.469 e. The van der Waals surface area contributed by atoms with Gasteiger partial charge in [-0.1, -0.05) is 12.2 Å². The highest BCUT2D eigenvalue weighted by Crippen LogP contribution is 1.68. The third-order valence-corrected chi connectivity index (χ3v) is 0.796. The van der Waals surface area contributed by atoms with Crippen molar-refractivity contribution < 1.29 is 19.8 Å². The van der Waals surface area contributed by atoms with Crippen LogP contribution in [0.2, 0.25) is 0 Å². The average Bonchev–Trinajstić information content (AvgIpc) is 2.03. The summed E-state index contributed by atoms with van der Waals surface area (Å²) in [4.78, 5) is 19.1. The zero-order valence-corrected chi connectivity index (χ0v) is 7.91. The van der Waals surface area contributed by atoms with E-state index < -0.39 is 12.0 Å². The number of allylic oxidation sites excluding steroid dienone is 1. The highest BCUT2D eigenvalue weighted by molar-refractivity contribution is 6.60. The van der Waals surface area contributed by atoms with Crippen LogP contribution in [0.5, 0.6) is 0 Å². The monoisotopic (exact) mass is 209 g/mol. The Morgan fingerprint density at radius 3 is 2.31 bits per heavy atom. The molecule has 0 unspecified atom stereocenters. The first-order valence-corrected chi connectivity index (χ1v) is 3.79. The third kappa shape index (κ3) is 24.8. The molecule has 0 bridgehead atoms. The molecule has 0 aliphatic rings. The van der Waals surface area contributed by atoms with Crippen LogP contribution in [-0.4, -0.2) is 34.7 Å². The van der Waals surface area contributed by atoms with Gasteiger partial charge < -0.3 is 15.5 Å². The molecule has 76 valence electrons. The highest BCUT2D eigenvalue weighted by atomic mass is 35.5. The van der Waals surface area contributed by atoms with Crippen LogP contribution in [-0.2, 0) is 4.79 Å². The molecule has 0 aliphatic heterocycles. The summed E-state index contributed by atoms with van der Waals surface area (Å²) in [6, 6.07) is 0. The van der Waals surface area contributed by atoms with E-state index in [0.29, 0.717) is 6.54 Å². The number of aliphatic hydroxyl groups is 1. The van der Waals surface area contributed by atoms with Crippen molar-refractivity contribution in [2.45, 2.75) is 6.92 Å². The van der Waals surface area contributed by atoms with E-state index in [0.717, 1.165) is 0 Å². The molecule has 0 saturated carbocycles. The van der Waals surface area contributed by atoms with E-state index in [4.69, 9.17) is 15.0 Å². The van der Waals surface area contributed by atoms with Crippen molar-refractivity contribution in [2.75, 3.05) is 13.2 Å². The molecule has 3 N–H and O–H groups in total. The molecule has 5 nitrogen and oxygen atoms in total. The number of carbonyl (C=O) groups is 2. The van der Waals surface area contributed by atoms with Crippen molar-refractivity contribution in [1.82, 2.24) is 5.32 Å². The summed E-state index contributed by atoms with van der Waals surface area (Å²) in [5.74, 6) is -0.340. The first-order valence-electron chi connectivity index (χ1n) is 3.41. The Hall–Kier alpha value is -1.07. The van der Waals surface area contributed by atoms with Crippen LogP contribution in [0, 0.1) is 0 Å². The number of hydrogen-bond donors (Lipinski definition) is 3. The molecule has 1 amide bonds. The van der Waals surface area contributed by atoms with Gasteiger partial charge in [0.2, 0.25) is 5.91 Å². The fraction of sp³-hybridized carbons (Fsp3) is 0.429. The maximum Gasteiger partial charge on any atom is 0.401 e. The smallest absolute Gasteiger partial charge is 0.401 e. The summed E-state index contributed by atoms with van der Waals surface area (Å²) in [6.07, 6.45) is 3.63. The summed E-state index contributed by atoms with van der Waals surface area (Å²) < 4.78 is 0. The van der Waals surface area contributed by atoms with Crippen molar-refractivity contribution in [3.05, 3.63) is 12.2 Å². The van der Waals surface area contributed by atoms with Gasteiger partial charge in [0.25, 0.3) is 0 Å². The Balaban J connectivity index is 0. The fourth-order valence-electron chi connectivity index (χ4n) is 0.347. The molecular weight excluding hydrogens is 198 g/mol. The summed E-state index contributed by atoms with van der Waals surface area (Å²) in [7, 11) is 0. The van der Waals surface area contributed by atoms with E-state index in [1.807, 2.05) is 13.0 Å². The minimum absolute atomic E-state index is 0.340. The fourth-order valence-corrected chi connectivity index (χ4v) is 0.347. The summed E-state index contributed by atoms with van der Waals surface area (Å²) in [6.45, 7) is 1.93. The number of rotatable bonds is 3. The maximum atomic E-state index is 10.3. The average molecular weight is 210 g/mol. The number of carbonyl (C=O) groups excluding carboxylic acids is 1. The van der Waals surface area contributed by atoms with Crippen molar-refractivity contribution >= 4 is 22.9 Å². The Morgan fingerprint density at radius 1 is 1.54 bits per heavy atom. The van der Waals surface area contributed by atoms with Gasteiger partial charge in [-0.2, -0.15) is 0 Å². The standard InChI is InChI=1S/C6H11NO2.CHClO2/c1-2-3-4-7-6(9)5-8;2-1(3)4/h2-3,8H,4-5H2,1H3,(H,7,9);(H,3,4). The zero-order valence-electron chi connectivity index (χ0n) is 7.16. The van der Waals surface area contributed by atoms with Gasteiger partial charge in [0.1, 0.15) is 6.61 Å². The molecule has 0 saturated heterocycles. The van der Waals surface area contributed by atoms with E-state index >= 15 is 0 Å². The quantitative estimate of drug-likeness (QED) is 0.469. The lowest BCUT2D eigenvalue weighted by Gasteiger charge is -1.95. The van der Waals surface area contributed by atoms with Gasteiger partial charge in [-0.25, -0.2) is 4.79 Å². The predicted octanol–water partition coefficient (Wildman–Crippen LogP) is 0.574. The van der Waals surface area contributed by atoms with Gasteiger partial charge in [0.15, 0.2) is 0 Å². The Morgan fingerprint density at radius 2 is 2.00 bits per heavy atom. The highest BCUT2D eigenvalue weighted by Gasteiger charge is 1.91. The van der Waals surface area contributed by atoms with E-state index in [1.54, 1.807) is 6.08 Å². The van der Waals surface area contributed by atoms with Crippen LogP contribution in [0.25, 0.3) is 0 Å². The molecule has 0 radical (unpaired) electrons. The first-order chi connectivity index (χ1) is 6.04. The molecular formula is C7H12ClNO4. The number of aliphatic hydroxyl groups excluding tert-OH is 1. The molecule has 0 aromatic heterocycles. The van der Waals surface area contributed by atoms with E-state index in [9.17, 15) is 4.79 Å². The van der Waals surface area contributed by atoms with Crippen LogP contribution >= 0.6 is 11.6 Å². The van der Waals surface area contributed by atoms with E-state index in [-0.39, 0.29) is 5.91 Å².